The van der Waals surface area contributed by atoms with Crippen LogP contribution < -0.4 is 16.0 Å². The smallest absolute Gasteiger partial charge is 0.189 e. The minimum Gasteiger partial charge on any atom is -0.370 e. The second kappa shape index (κ2) is 8.86. The van der Waals surface area contributed by atoms with Crippen LogP contribution in [0.5, 0.6) is 0 Å². The highest BCUT2D eigenvalue weighted by Gasteiger charge is 2.11. The van der Waals surface area contributed by atoms with E-state index in [1.807, 2.05) is 11.8 Å². The molecule has 0 amide bonds. The van der Waals surface area contributed by atoms with Gasteiger partial charge < -0.3 is 16.0 Å². The van der Waals surface area contributed by atoms with Gasteiger partial charge in [0.15, 0.2) is 5.96 Å². The van der Waals surface area contributed by atoms with Crippen LogP contribution in [-0.2, 0) is 6.54 Å². The summed E-state index contributed by atoms with van der Waals surface area (Å²) in [6.07, 6.45) is 0. The van der Waals surface area contributed by atoms with E-state index in [2.05, 4.69) is 60.2 Å². The molecule has 1 aromatic carbocycles. The Morgan fingerprint density at radius 3 is 2.36 bits per heavy atom. The number of guanidine groups is 1. The lowest BCUT2D eigenvalue weighted by Gasteiger charge is -2.28. The summed E-state index contributed by atoms with van der Waals surface area (Å²) >= 11 is 2.03. The quantitative estimate of drug-likeness (QED) is 0.436. The molecule has 1 aliphatic heterocycles. The average Bonchev–Trinajstić information content (AvgIpc) is 2.45. The Kier molecular flexibility index (Phi) is 7.82. The van der Waals surface area contributed by atoms with Crippen LogP contribution in [0.25, 0.3) is 0 Å². The summed E-state index contributed by atoms with van der Waals surface area (Å²) in [5.41, 5.74) is 8.32. The molecule has 1 saturated heterocycles. The summed E-state index contributed by atoms with van der Waals surface area (Å²) in [6, 6.07) is 8.67. The Morgan fingerprint density at radius 2 is 1.82 bits per heavy atom. The van der Waals surface area contributed by atoms with Crippen LogP contribution >= 0.6 is 35.7 Å². The highest BCUT2D eigenvalue weighted by molar-refractivity contribution is 14.0. The molecule has 0 radical (unpaired) electrons. The number of anilines is 1. The highest BCUT2D eigenvalue weighted by Crippen LogP contribution is 2.20. The van der Waals surface area contributed by atoms with Crippen molar-refractivity contribution in [1.29, 1.82) is 0 Å². The zero-order chi connectivity index (χ0) is 15.3. The molecule has 6 heteroatoms. The topological polar surface area (TPSA) is 53.6 Å². The zero-order valence-corrected chi connectivity index (χ0v) is 16.8. The molecule has 1 aliphatic rings. The van der Waals surface area contributed by atoms with Crippen LogP contribution in [0.3, 0.4) is 0 Å². The van der Waals surface area contributed by atoms with Gasteiger partial charge in [-0.1, -0.05) is 12.1 Å². The molecule has 0 spiro atoms. The number of nitrogens with two attached hydrogens (primary N) is 1. The van der Waals surface area contributed by atoms with Crippen LogP contribution in [0.2, 0.25) is 0 Å². The molecule has 1 fully saturated rings. The Labute approximate surface area is 155 Å². The maximum Gasteiger partial charge on any atom is 0.189 e. The van der Waals surface area contributed by atoms with Crippen LogP contribution in [-0.4, -0.2) is 36.1 Å². The van der Waals surface area contributed by atoms with Gasteiger partial charge in [0.05, 0.1) is 6.54 Å². The summed E-state index contributed by atoms with van der Waals surface area (Å²) in [7, 11) is 0. The van der Waals surface area contributed by atoms with Crippen molar-refractivity contribution in [2.75, 3.05) is 29.5 Å². The summed E-state index contributed by atoms with van der Waals surface area (Å²) < 4.78 is 0. The lowest BCUT2D eigenvalue weighted by atomic mass is 10.1. The Hall–Kier alpha value is -0.630. The van der Waals surface area contributed by atoms with Crippen LogP contribution in [0.15, 0.2) is 29.3 Å². The summed E-state index contributed by atoms with van der Waals surface area (Å²) in [6.45, 7) is 9.11. The summed E-state index contributed by atoms with van der Waals surface area (Å²) in [5, 5.41) is 3.17. The average molecular weight is 434 g/mol. The van der Waals surface area contributed by atoms with Crippen molar-refractivity contribution in [3.8, 4) is 0 Å². The fourth-order valence-electron chi connectivity index (χ4n) is 2.23. The third kappa shape index (κ3) is 6.64. The van der Waals surface area contributed by atoms with Crippen molar-refractivity contribution < 1.29 is 0 Å². The van der Waals surface area contributed by atoms with E-state index in [9.17, 15) is 0 Å². The van der Waals surface area contributed by atoms with Gasteiger partial charge in [-0.25, -0.2) is 4.99 Å². The van der Waals surface area contributed by atoms with Crippen molar-refractivity contribution in [3.63, 3.8) is 0 Å². The van der Waals surface area contributed by atoms with Gasteiger partial charge in [0.25, 0.3) is 0 Å². The maximum absolute atomic E-state index is 5.88. The standard InChI is InChI=1S/C16H26N4S.HI/c1-16(2,3)19-15(17)18-12-13-4-6-14(7-5-13)20-8-10-21-11-9-20;/h4-7H,8-12H2,1-3H3,(H3,17,18,19);1H. The van der Waals surface area contributed by atoms with E-state index < -0.39 is 0 Å². The SMILES string of the molecule is CC(C)(C)NC(N)=NCc1ccc(N2CCSCC2)cc1.I. The highest BCUT2D eigenvalue weighted by atomic mass is 127. The normalized spacial score (nSPS) is 16.1. The third-order valence-corrected chi connectivity index (χ3v) is 4.19. The molecule has 0 aliphatic carbocycles. The van der Waals surface area contributed by atoms with Gasteiger partial charge in [-0.3, -0.25) is 0 Å². The number of nitrogens with zero attached hydrogens (tertiary/aromatic N) is 2. The Morgan fingerprint density at radius 1 is 1.23 bits per heavy atom. The predicted octanol–water partition coefficient (Wildman–Crippen LogP) is 3.06. The van der Waals surface area contributed by atoms with Crippen LogP contribution in [0.4, 0.5) is 5.69 Å². The molecule has 0 aromatic heterocycles. The molecule has 22 heavy (non-hydrogen) atoms. The van der Waals surface area contributed by atoms with E-state index in [0.29, 0.717) is 12.5 Å². The van der Waals surface area contributed by atoms with Crippen LogP contribution in [0.1, 0.15) is 26.3 Å². The van der Waals surface area contributed by atoms with Crippen molar-refractivity contribution in [1.82, 2.24) is 5.32 Å². The summed E-state index contributed by atoms with van der Waals surface area (Å²) in [4.78, 5) is 6.83. The summed E-state index contributed by atoms with van der Waals surface area (Å²) in [5.74, 6) is 2.95. The fraction of sp³-hybridized carbons (Fsp3) is 0.562. The second-order valence-corrected chi connectivity index (χ2v) is 7.57. The van der Waals surface area contributed by atoms with Gasteiger partial charge in [0.1, 0.15) is 0 Å². The lowest BCUT2D eigenvalue weighted by Crippen LogP contribution is -2.44. The van der Waals surface area contributed by atoms with E-state index in [1.54, 1.807) is 0 Å². The number of hydrogen-bond donors (Lipinski definition) is 2. The first-order valence-corrected chi connectivity index (χ1v) is 8.59. The first-order valence-electron chi connectivity index (χ1n) is 7.44. The number of benzene rings is 1. The molecule has 0 unspecified atom stereocenters. The molecular weight excluding hydrogens is 407 g/mol. The molecule has 2 rings (SSSR count). The maximum atomic E-state index is 5.88. The zero-order valence-electron chi connectivity index (χ0n) is 13.6. The van der Waals surface area contributed by atoms with Crippen molar-refractivity contribution in [2.45, 2.75) is 32.9 Å². The molecule has 4 nitrogen and oxygen atoms in total. The number of halogens is 1. The molecule has 124 valence electrons. The molecule has 0 bridgehead atoms. The molecule has 3 N–H and O–H groups in total. The Balaban J connectivity index is 0.00000242. The molecule has 1 heterocycles. The van der Waals surface area contributed by atoms with Gasteiger partial charge in [0.2, 0.25) is 0 Å². The number of rotatable bonds is 3. The molecule has 0 atom stereocenters. The van der Waals surface area contributed by atoms with Crippen molar-refractivity contribution in [3.05, 3.63) is 29.8 Å². The minimum absolute atomic E-state index is 0. The molecular formula is C16H27IN4S. The van der Waals surface area contributed by atoms with Crippen molar-refractivity contribution >= 4 is 47.4 Å². The van der Waals surface area contributed by atoms with Gasteiger partial charge in [-0.05, 0) is 38.5 Å². The van der Waals surface area contributed by atoms with E-state index in [1.165, 1.54) is 22.8 Å². The van der Waals surface area contributed by atoms with E-state index in [4.69, 9.17) is 5.73 Å². The van der Waals surface area contributed by atoms with E-state index in [-0.39, 0.29) is 29.5 Å². The van der Waals surface area contributed by atoms with Crippen LogP contribution in [0, 0.1) is 0 Å². The number of thioether (sulfide) groups is 1. The Bertz CT molecular complexity index is 476. The minimum atomic E-state index is -0.0519. The monoisotopic (exact) mass is 434 g/mol. The number of nitrogens with one attached hydrogen (secondary N) is 1. The first-order chi connectivity index (χ1) is 9.94. The third-order valence-electron chi connectivity index (χ3n) is 3.25. The van der Waals surface area contributed by atoms with E-state index >= 15 is 0 Å². The largest absolute Gasteiger partial charge is 0.370 e. The molecule has 0 saturated carbocycles. The van der Waals surface area contributed by atoms with Gasteiger partial charge in [-0.2, -0.15) is 11.8 Å². The lowest BCUT2D eigenvalue weighted by molar-refractivity contribution is 0.508. The number of hydrogen-bond acceptors (Lipinski definition) is 3. The van der Waals surface area contributed by atoms with Gasteiger partial charge in [-0.15, -0.1) is 24.0 Å². The van der Waals surface area contributed by atoms with E-state index in [0.717, 1.165) is 13.1 Å². The molecule has 1 aromatic rings. The van der Waals surface area contributed by atoms with Gasteiger partial charge in [0, 0.05) is 35.8 Å². The second-order valence-electron chi connectivity index (χ2n) is 6.34. The van der Waals surface area contributed by atoms with Crippen molar-refractivity contribution in [2.24, 2.45) is 10.7 Å². The fourth-order valence-corrected chi connectivity index (χ4v) is 3.14. The predicted molar refractivity (Wildman–Crippen MR) is 110 cm³/mol. The van der Waals surface area contributed by atoms with Gasteiger partial charge >= 0.3 is 0 Å². The first kappa shape index (κ1) is 19.4. The number of aliphatic imine (C=N–C) groups is 1.